The van der Waals surface area contributed by atoms with Crippen LogP contribution in [-0.4, -0.2) is 0 Å². The van der Waals surface area contributed by atoms with E-state index in [0.29, 0.717) is 0 Å². The molecule has 0 saturated carbocycles. The molecule has 0 saturated heterocycles. The Balaban J connectivity index is 3.65. The summed E-state index contributed by atoms with van der Waals surface area (Å²) in [5, 5.41) is 0. The maximum Gasteiger partial charge on any atom is -0.0389 e. The van der Waals surface area contributed by atoms with Crippen LogP contribution in [0.2, 0.25) is 0 Å². The quantitative estimate of drug-likeness (QED) is 0.444. The van der Waals surface area contributed by atoms with Crippen molar-refractivity contribution in [2.45, 2.75) is 72.1 Å². The zero-order chi connectivity index (χ0) is 10.8. The molecule has 85 valence electrons. The number of hydrogen-bond acceptors (Lipinski definition) is 0. The van der Waals surface area contributed by atoms with Crippen LogP contribution in [-0.2, 0) is 0 Å². The average molecular weight is 197 g/mol. The fourth-order valence-electron chi connectivity index (χ4n) is 2.38. The lowest BCUT2D eigenvalue weighted by atomic mass is 9.82. The Morgan fingerprint density at radius 1 is 0.857 bits per heavy atom. The summed E-state index contributed by atoms with van der Waals surface area (Å²) in [5.41, 5.74) is 0. The van der Waals surface area contributed by atoms with Crippen LogP contribution in [0.3, 0.4) is 0 Å². The number of rotatable bonds is 9. The van der Waals surface area contributed by atoms with Gasteiger partial charge in [-0.1, -0.05) is 79.1 Å². The van der Waals surface area contributed by atoms with Crippen molar-refractivity contribution in [1.82, 2.24) is 0 Å². The van der Waals surface area contributed by atoms with E-state index < -0.39 is 0 Å². The van der Waals surface area contributed by atoms with Crippen molar-refractivity contribution in [2.75, 3.05) is 0 Å². The molecule has 1 radical (unpaired) electrons. The van der Waals surface area contributed by atoms with Gasteiger partial charge in [-0.2, -0.15) is 0 Å². The molecule has 14 heavy (non-hydrogen) atoms. The molecule has 0 spiro atoms. The fourth-order valence-corrected chi connectivity index (χ4v) is 2.38. The predicted molar refractivity (Wildman–Crippen MR) is 66.3 cm³/mol. The van der Waals surface area contributed by atoms with Crippen molar-refractivity contribution in [3.63, 3.8) is 0 Å². The molecule has 0 aromatic carbocycles. The predicted octanol–water partition coefficient (Wildman–Crippen LogP) is 5.23. The van der Waals surface area contributed by atoms with E-state index in [1.54, 1.807) is 0 Å². The standard InChI is InChI=1S/C14H29/c1-5-9-10-11-12-14(8-4)13(6-2)7-3/h13-14H,2,5-12H2,1,3-4H3. The molecule has 0 N–H and O–H groups in total. The lowest BCUT2D eigenvalue weighted by molar-refractivity contribution is 0.287. The third kappa shape index (κ3) is 5.67. The Bertz CT molecular complexity index is 103. The van der Waals surface area contributed by atoms with Gasteiger partial charge in [-0.15, -0.1) is 0 Å². The largest absolute Gasteiger partial charge is 0.0654 e. The summed E-state index contributed by atoms with van der Waals surface area (Å²) in [7, 11) is 0. The highest BCUT2D eigenvalue weighted by Gasteiger charge is 2.15. The van der Waals surface area contributed by atoms with Gasteiger partial charge < -0.3 is 0 Å². The summed E-state index contributed by atoms with van der Waals surface area (Å²) in [5.74, 6) is 1.82. The Kier molecular flexibility index (Phi) is 9.55. The van der Waals surface area contributed by atoms with Gasteiger partial charge in [-0.25, -0.2) is 0 Å². The molecule has 0 bridgehead atoms. The second kappa shape index (κ2) is 9.55. The first-order valence-electron chi connectivity index (χ1n) is 6.59. The smallest absolute Gasteiger partial charge is 0.0389 e. The van der Waals surface area contributed by atoms with Crippen molar-refractivity contribution in [3.05, 3.63) is 6.92 Å². The topological polar surface area (TPSA) is 0 Å². The Morgan fingerprint density at radius 2 is 1.50 bits per heavy atom. The van der Waals surface area contributed by atoms with Gasteiger partial charge in [0.15, 0.2) is 0 Å². The maximum atomic E-state index is 4.07. The van der Waals surface area contributed by atoms with Crippen LogP contribution in [0.15, 0.2) is 0 Å². The normalized spacial score (nSPS) is 13.5. The van der Waals surface area contributed by atoms with Crippen LogP contribution in [0, 0.1) is 18.8 Å². The first kappa shape index (κ1) is 14.0. The minimum Gasteiger partial charge on any atom is -0.0654 e. The Morgan fingerprint density at radius 3 is 1.93 bits per heavy atom. The molecule has 0 aromatic rings. The highest BCUT2D eigenvalue weighted by molar-refractivity contribution is 4.69. The van der Waals surface area contributed by atoms with Gasteiger partial charge in [-0.05, 0) is 11.8 Å². The van der Waals surface area contributed by atoms with Crippen molar-refractivity contribution in [2.24, 2.45) is 11.8 Å². The lowest BCUT2D eigenvalue weighted by Gasteiger charge is -2.23. The van der Waals surface area contributed by atoms with Crippen LogP contribution in [0.4, 0.5) is 0 Å². The summed E-state index contributed by atoms with van der Waals surface area (Å²) in [6.45, 7) is 11.0. The van der Waals surface area contributed by atoms with E-state index in [1.807, 2.05) is 0 Å². The highest BCUT2D eigenvalue weighted by Crippen LogP contribution is 2.27. The molecule has 0 heterocycles. The lowest BCUT2D eigenvalue weighted by Crippen LogP contribution is -2.12. The minimum absolute atomic E-state index is 0.877. The molecule has 0 amide bonds. The molecule has 0 fully saturated rings. The van der Waals surface area contributed by atoms with Gasteiger partial charge in [0.2, 0.25) is 0 Å². The monoisotopic (exact) mass is 197 g/mol. The second-order valence-corrected chi connectivity index (χ2v) is 4.47. The van der Waals surface area contributed by atoms with E-state index in [0.717, 1.165) is 18.3 Å². The molecule has 0 aliphatic carbocycles. The number of unbranched alkanes of at least 4 members (excludes halogenated alkanes) is 3. The van der Waals surface area contributed by atoms with E-state index >= 15 is 0 Å². The van der Waals surface area contributed by atoms with E-state index in [4.69, 9.17) is 0 Å². The highest BCUT2D eigenvalue weighted by atomic mass is 14.2. The van der Waals surface area contributed by atoms with Crippen molar-refractivity contribution < 1.29 is 0 Å². The van der Waals surface area contributed by atoms with Gasteiger partial charge in [0.25, 0.3) is 0 Å². The van der Waals surface area contributed by atoms with Gasteiger partial charge in [0.05, 0.1) is 0 Å². The van der Waals surface area contributed by atoms with Crippen LogP contribution >= 0.6 is 0 Å². The van der Waals surface area contributed by atoms with Crippen LogP contribution in [0.5, 0.6) is 0 Å². The van der Waals surface area contributed by atoms with Crippen molar-refractivity contribution in [3.8, 4) is 0 Å². The third-order valence-electron chi connectivity index (χ3n) is 3.51. The summed E-state index contributed by atoms with van der Waals surface area (Å²) in [6, 6.07) is 0. The fraction of sp³-hybridized carbons (Fsp3) is 0.929. The van der Waals surface area contributed by atoms with E-state index in [1.165, 1.54) is 44.9 Å². The molecule has 0 heteroatoms. The number of hydrogen-bond donors (Lipinski definition) is 0. The van der Waals surface area contributed by atoms with E-state index in [-0.39, 0.29) is 0 Å². The summed E-state index contributed by atoms with van der Waals surface area (Å²) in [4.78, 5) is 0. The van der Waals surface area contributed by atoms with Crippen LogP contribution < -0.4 is 0 Å². The molecule has 0 aliphatic heterocycles. The van der Waals surface area contributed by atoms with Gasteiger partial charge in [0.1, 0.15) is 0 Å². The van der Waals surface area contributed by atoms with E-state index in [9.17, 15) is 0 Å². The van der Waals surface area contributed by atoms with Crippen LogP contribution in [0.25, 0.3) is 0 Å². The molecular weight excluding hydrogens is 168 g/mol. The average Bonchev–Trinajstić information content (AvgIpc) is 2.23. The maximum absolute atomic E-state index is 4.07. The Labute approximate surface area is 91.5 Å². The van der Waals surface area contributed by atoms with Crippen LogP contribution in [0.1, 0.15) is 72.1 Å². The molecule has 0 aliphatic rings. The Hall–Kier alpha value is 0. The summed E-state index contributed by atoms with van der Waals surface area (Å²) >= 11 is 0. The van der Waals surface area contributed by atoms with Crippen molar-refractivity contribution in [1.29, 1.82) is 0 Å². The molecule has 0 aromatic heterocycles. The molecule has 0 nitrogen and oxygen atoms in total. The molecular formula is C14H29. The second-order valence-electron chi connectivity index (χ2n) is 4.47. The first-order valence-corrected chi connectivity index (χ1v) is 6.59. The zero-order valence-electron chi connectivity index (χ0n) is 10.5. The van der Waals surface area contributed by atoms with E-state index in [2.05, 4.69) is 27.7 Å². The molecule has 0 rings (SSSR count). The summed E-state index contributed by atoms with van der Waals surface area (Å²) in [6.07, 6.45) is 10.9. The van der Waals surface area contributed by atoms with Gasteiger partial charge >= 0.3 is 0 Å². The molecule has 2 unspecified atom stereocenters. The first-order chi connectivity index (χ1) is 6.79. The molecule has 2 atom stereocenters. The zero-order valence-corrected chi connectivity index (χ0v) is 10.5. The van der Waals surface area contributed by atoms with Gasteiger partial charge in [0, 0.05) is 0 Å². The summed E-state index contributed by atoms with van der Waals surface area (Å²) < 4.78 is 0. The third-order valence-corrected chi connectivity index (χ3v) is 3.51. The van der Waals surface area contributed by atoms with Gasteiger partial charge in [-0.3, -0.25) is 0 Å². The SMILES string of the molecule is [CH2]CC(CC)C(CC)CCCCCC. The minimum atomic E-state index is 0.877. The van der Waals surface area contributed by atoms with Crippen molar-refractivity contribution >= 4 is 0 Å².